The number of hydrogen-bond donors (Lipinski definition) is 1. The van der Waals surface area contributed by atoms with Crippen molar-refractivity contribution >= 4 is 11.6 Å². The molecule has 1 N–H and O–H groups in total. The molecule has 0 aliphatic carbocycles. The molecule has 1 amide bonds. The second kappa shape index (κ2) is 7.21. The Balaban J connectivity index is 2.07. The van der Waals surface area contributed by atoms with Gasteiger partial charge in [-0.1, -0.05) is 0 Å². The highest BCUT2D eigenvalue weighted by molar-refractivity contribution is 5.92. The smallest absolute Gasteiger partial charge is 0.387 e. The summed E-state index contributed by atoms with van der Waals surface area (Å²) in [5.41, 5.74) is 0.392. The minimum atomic E-state index is -2.96. The van der Waals surface area contributed by atoms with Crippen LogP contribution in [0, 0.1) is 5.92 Å². The molecule has 0 saturated carbocycles. The number of rotatable bonds is 5. The van der Waals surface area contributed by atoms with Crippen LogP contribution in [0.2, 0.25) is 0 Å². The Morgan fingerprint density at radius 2 is 2.05 bits per heavy atom. The lowest BCUT2D eigenvalue weighted by Crippen LogP contribution is -2.28. The Kier molecular flexibility index (Phi) is 5.32. The maximum absolute atomic E-state index is 12.3. The van der Waals surface area contributed by atoms with E-state index < -0.39 is 6.61 Å². The van der Waals surface area contributed by atoms with Gasteiger partial charge in [-0.25, -0.2) is 0 Å². The highest BCUT2D eigenvalue weighted by Crippen LogP contribution is 2.31. The van der Waals surface area contributed by atoms with Crippen molar-refractivity contribution in [3.05, 3.63) is 18.2 Å². The number of halogens is 2. The summed E-state index contributed by atoms with van der Waals surface area (Å²) >= 11 is 0. The van der Waals surface area contributed by atoms with Crippen molar-refractivity contribution < 1.29 is 27.8 Å². The zero-order chi connectivity index (χ0) is 15.2. The van der Waals surface area contributed by atoms with Gasteiger partial charge in [0.2, 0.25) is 5.91 Å². The maximum atomic E-state index is 12.3. The molecule has 1 aromatic carbocycles. The first-order valence-electron chi connectivity index (χ1n) is 6.61. The van der Waals surface area contributed by atoms with Gasteiger partial charge in [0.15, 0.2) is 11.5 Å². The molecule has 1 heterocycles. The number of ether oxygens (including phenoxy) is 3. The fraction of sp³-hybridized carbons (Fsp3) is 0.500. The van der Waals surface area contributed by atoms with Crippen LogP contribution in [0.1, 0.15) is 12.8 Å². The molecule has 21 heavy (non-hydrogen) atoms. The van der Waals surface area contributed by atoms with Gasteiger partial charge in [0.05, 0.1) is 7.11 Å². The topological polar surface area (TPSA) is 56.8 Å². The van der Waals surface area contributed by atoms with Gasteiger partial charge in [0.25, 0.3) is 0 Å². The number of carbonyl (C=O) groups excluding carboxylic acids is 1. The minimum Gasteiger partial charge on any atom is -0.493 e. The van der Waals surface area contributed by atoms with Crippen LogP contribution in [0.5, 0.6) is 11.5 Å². The third kappa shape index (κ3) is 4.29. The monoisotopic (exact) mass is 301 g/mol. The van der Waals surface area contributed by atoms with Crippen molar-refractivity contribution in [3.63, 3.8) is 0 Å². The lowest BCUT2D eigenvalue weighted by Gasteiger charge is -2.21. The molecule has 7 heteroatoms. The number of amides is 1. The standard InChI is InChI=1S/C14H17F2NO4/c1-19-11-3-2-10(8-12(11)21-14(15)16)17-13(18)9-4-6-20-7-5-9/h2-3,8-9,14H,4-7H2,1H3,(H,17,18). The molecule has 1 aliphatic rings. The minimum absolute atomic E-state index is 0.114. The highest BCUT2D eigenvalue weighted by atomic mass is 19.3. The van der Waals surface area contributed by atoms with Gasteiger partial charge in [-0.05, 0) is 25.0 Å². The van der Waals surface area contributed by atoms with Crippen molar-refractivity contribution in [2.75, 3.05) is 25.6 Å². The lowest BCUT2D eigenvalue weighted by molar-refractivity contribution is -0.122. The van der Waals surface area contributed by atoms with E-state index in [0.29, 0.717) is 31.7 Å². The van der Waals surface area contributed by atoms with Gasteiger partial charge in [0, 0.05) is 30.9 Å². The van der Waals surface area contributed by atoms with Crippen molar-refractivity contribution in [3.8, 4) is 11.5 Å². The van der Waals surface area contributed by atoms with Crippen LogP contribution in [0.15, 0.2) is 18.2 Å². The van der Waals surface area contributed by atoms with Crippen molar-refractivity contribution in [1.82, 2.24) is 0 Å². The fourth-order valence-corrected chi connectivity index (χ4v) is 2.15. The molecule has 1 aromatic rings. The zero-order valence-corrected chi connectivity index (χ0v) is 11.6. The zero-order valence-electron chi connectivity index (χ0n) is 11.6. The molecule has 0 aromatic heterocycles. The quantitative estimate of drug-likeness (QED) is 0.908. The van der Waals surface area contributed by atoms with E-state index in [0.717, 1.165) is 0 Å². The van der Waals surface area contributed by atoms with Gasteiger partial charge in [-0.3, -0.25) is 4.79 Å². The van der Waals surface area contributed by atoms with E-state index in [-0.39, 0.29) is 23.3 Å². The molecule has 2 rings (SSSR count). The van der Waals surface area contributed by atoms with Crippen LogP contribution in [0.25, 0.3) is 0 Å². The molecule has 116 valence electrons. The molecule has 5 nitrogen and oxygen atoms in total. The van der Waals surface area contributed by atoms with Crippen molar-refractivity contribution in [2.24, 2.45) is 5.92 Å². The van der Waals surface area contributed by atoms with E-state index in [4.69, 9.17) is 9.47 Å². The first kappa shape index (κ1) is 15.5. The van der Waals surface area contributed by atoms with Gasteiger partial charge < -0.3 is 19.5 Å². The summed E-state index contributed by atoms with van der Waals surface area (Å²) in [5.74, 6) is -0.205. The Morgan fingerprint density at radius 1 is 1.33 bits per heavy atom. The predicted molar refractivity (Wildman–Crippen MR) is 71.8 cm³/mol. The number of benzene rings is 1. The van der Waals surface area contributed by atoms with E-state index in [9.17, 15) is 13.6 Å². The third-order valence-electron chi connectivity index (χ3n) is 3.24. The Labute approximate surface area is 121 Å². The van der Waals surface area contributed by atoms with E-state index in [1.165, 1.54) is 19.2 Å². The number of nitrogens with one attached hydrogen (secondary N) is 1. The molecule has 0 radical (unpaired) electrons. The van der Waals surface area contributed by atoms with Crippen LogP contribution in [0.3, 0.4) is 0 Å². The molecular weight excluding hydrogens is 284 g/mol. The summed E-state index contributed by atoms with van der Waals surface area (Å²) < 4.78 is 39.2. The summed E-state index contributed by atoms with van der Waals surface area (Å²) in [4.78, 5) is 12.1. The van der Waals surface area contributed by atoms with Crippen LogP contribution in [0.4, 0.5) is 14.5 Å². The summed E-state index contributed by atoms with van der Waals surface area (Å²) in [5, 5.41) is 2.70. The van der Waals surface area contributed by atoms with Gasteiger partial charge in [-0.2, -0.15) is 8.78 Å². The average molecular weight is 301 g/mol. The number of methoxy groups -OCH3 is 1. The SMILES string of the molecule is COc1ccc(NC(=O)C2CCOCC2)cc1OC(F)F. The number of alkyl halides is 2. The van der Waals surface area contributed by atoms with Crippen LogP contribution in [-0.4, -0.2) is 32.8 Å². The van der Waals surface area contributed by atoms with Gasteiger partial charge >= 0.3 is 6.61 Å². The average Bonchev–Trinajstić information content (AvgIpc) is 2.48. The third-order valence-corrected chi connectivity index (χ3v) is 3.24. The number of anilines is 1. The molecule has 1 saturated heterocycles. The van der Waals surface area contributed by atoms with E-state index in [2.05, 4.69) is 10.1 Å². The lowest BCUT2D eigenvalue weighted by atomic mass is 9.99. The van der Waals surface area contributed by atoms with E-state index in [1.807, 2.05) is 0 Å². The Bertz CT molecular complexity index is 490. The van der Waals surface area contributed by atoms with Crippen LogP contribution >= 0.6 is 0 Å². The van der Waals surface area contributed by atoms with Crippen LogP contribution < -0.4 is 14.8 Å². The highest BCUT2D eigenvalue weighted by Gasteiger charge is 2.22. The number of carbonyl (C=O) groups is 1. The molecule has 1 aliphatic heterocycles. The molecular formula is C14H17F2NO4. The summed E-state index contributed by atoms with van der Waals surface area (Å²) in [6.07, 6.45) is 1.31. The number of hydrogen-bond acceptors (Lipinski definition) is 4. The fourth-order valence-electron chi connectivity index (χ4n) is 2.15. The first-order valence-corrected chi connectivity index (χ1v) is 6.61. The summed E-state index contributed by atoms with van der Waals surface area (Å²) in [6.45, 7) is -1.85. The second-order valence-electron chi connectivity index (χ2n) is 4.62. The summed E-state index contributed by atoms with van der Waals surface area (Å²) in [6, 6.07) is 4.37. The molecule has 0 spiro atoms. The molecule has 1 fully saturated rings. The van der Waals surface area contributed by atoms with E-state index >= 15 is 0 Å². The molecule has 0 unspecified atom stereocenters. The Morgan fingerprint density at radius 3 is 2.67 bits per heavy atom. The normalized spacial score (nSPS) is 15.8. The first-order chi connectivity index (χ1) is 10.1. The largest absolute Gasteiger partial charge is 0.493 e. The molecule has 0 atom stereocenters. The van der Waals surface area contributed by atoms with Crippen LogP contribution in [-0.2, 0) is 9.53 Å². The molecule has 0 bridgehead atoms. The van der Waals surface area contributed by atoms with Crippen molar-refractivity contribution in [1.29, 1.82) is 0 Å². The van der Waals surface area contributed by atoms with Gasteiger partial charge in [-0.15, -0.1) is 0 Å². The van der Waals surface area contributed by atoms with Gasteiger partial charge in [0.1, 0.15) is 0 Å². The van der Waals surface area contributed by atoms with Crippen molar-refractivity contribution in [2.45, 2.75) is 19.5 Å². The Hall–Kier alpha value is -1.89. The summed E-state index contributed by atoms with van der Waals surface area (Å²) in [7, 11) is 1.36. The second-order valence-corrected chi connectivity index (χ2v) is 4.62. The van der Waals surface area contributed by atoms with E-state index in [1.54, 1.807) is 6.07 Å². The maximum Gasteiger partial charge on any atom is 0.387 e. The predicted octanol–water partition coefficient (Wildman–Crippen LogP) is 2.66.